The summed E-state index contributed by atoms with van der Waals surface area (Å²) in [5.41, 5.74) is 4.85. The number of benzene rings is 4. The molecule has 8 nitrogen and oxygen atoms in total. The number of hydrogen-bond donors (Lipinski definition) is 2. The van der Waals surface area contributed by atoms with Gasteiger partial charge in [0.2, 0.25) is 0 Å². The Balaban J connectivity index is 1.32. The van der Waals surface area contributed by atoms with Crippen molar-refractivity contribution < 1.29 is 23.8 Å². The van der Waals surface area contributed by atoms with Gasteiger partial charge >= 0.3 is 0 Å². The lowest BCUT2D eigenvalue weighted by atomic mass is 10.2. The monoisotopic (exact) mass is 611 g/mol. The zero-order chi connectivity index (χ0) is 29.2. The van der Waals surface area contributed by atoms with Gasteiger partial charge in [-0.1, -0.05) is 65.1 Å². The maximum atomic E-state index is 12.6. The highest BCUT2D eigenvalue weighted by atomic mass is 35.5. The smallest absolute Gasteiger partial charge is 0.271 e. The third-order valence-corrected chi connectivity index (χ3v) is 6.35. The largest absolute Gasteiger partial charge is 0.493 e. The summed E-state index contributed by atoms with van der Waals surface area (Å²) < 4.78 is 16.7. The highest BCUT2D eigenvalue weighted by Gasteiger charge is 2.13. The van der Waals surface area contributed by atoms with Crippen LogP contribution in [0.4, 0.5) is 5.69 Å². The van der Waals surface area contributed by atoms with Crippen LogP contribution >= 0.6 is 34.8 Å². The normalized spacial score (nSPS) is 10.7. The fourth-order valence-electron chi connectivity index (χ4n) is 3.55. The molecule has 0 aliphatic carbocycles. The van der Waals surface area contributed by atoms with E-state index in [1.54, 1.807) is 42.5 Å². The molecular weight excluding hydrogens is 589 g/mol. The number of halogens is 3. The molecule has 0 bridgehead atoms. The Morgan fingerprint density at radius 2 is 1.56 bits per heavy atom. The lowest BCUT2D eigenvalue weighted by molar-refractivity contribution is -0.118. The van der Waals surface area contributed by atoms with Gasteiger partial charge in [0.05, 0.1) is 23.4 Å². The van der Waals surface area contributed by atoms with Crippen LogP contribution in [0.2, 0.25) is 15.1 Å². The second-order valence-corrected chi connectivity index (χ2v) is 9.75. The van der Waals surface area contributed by atoms with Gasteiger partial charge in [0.1, 0.15) is 6.61 Å². The Hall–Kier alpha value is -4.24. The quantitative estimate of drug-likeness (QED) is 0.140. The maximum absolute atomic E-state index is 12.6. The van der Waals surface area contributed by atoms with Crippen molar-refractivity contribution in [3.05, 3.63) is 117 Å². The van der Waals surface area contributed by atoms with Crippen molar-refractivity contribution >= 4 is 58.5 Å². The number of rotatable bonds is 11. The second-order valence-electron chi connectivity index (χ2n) is 8.50. The van der Waals surface area contributed by atoms with Gasteiger partial charge in [-0.25, -0.2) is 5.43 Å². The minimum Gasteiger partial charge on any atom is -0.493 e. The molecule has 0 unspecified atom stereocenters. The van der Waals surface area contributed by atoms with Gasteiger partial charge in [0.15, 0.2) is 23.9 Å². The topological polar surface area (TPSA) is 98.3 Å². The Labute approximate surface area is 251 Å². The van der Waals surface area contributed by atoms with E-state index < -0.39 is 11.8 Å². The van der Waals surface area contributed by atoms with Crippen molar-refractivity contribution in [3.63, 3.8) is 0 Å². The van der Waals surface area contributed by atoms with Crippen LogP contribution in [0, 0.1) is 0 Å². The summed E-state index contributed by atoms with van der Waals surface area (Å²) in [5.74, 6) is 0.194. The molecule has 0 aliphatic rings. The first-order chi connectivity index (χ1) is 19.8. The van der Waals surface area contributed by atoms with Crippen LogP contribution in [0.25, 0.3) is 0 Å². The van der Waals surface area contributed by atoms with E-state index in [0.29, 0.717) is 39.9 Å². The zero-order valence-corrected chi connectivity index (χ0v) is 24.0. The Kier molecular flexibility index (Phi) is 10.5. The summed E-state index contributed by atoms with van der Waals surface area (Å²) in [4.78, 5) is 24.8. The number of hydrogen-bond acceptors (Lipinski definition) is 6. The molecule has 0 aromatic heterocycles. The number of nitrogens with zero attached hydrogens (tertiary/aromatic N) is 1. The van der Waals surface area contributed by atoms with Crippen molar-refractivity contribution in [2.45, 2.75) is 6.61 Å². The van der Waals surface area contributed by atoms with Crippen LogP contribution in [-0.4, -0.2) is 31.7 Å². The predicted molar refractivity (Wildman–Crippen MR) is 161 cm³/mol. The van der Waals surface area contributed by atoms with E-state index in [4.69, 9.17) is 49.0 Å². The average Bonchev–Trinajstić information content (AvgIpc) is 2.97. The fraction of sp³-hybridized carbons (Fsp3) is 0.100. The van der Waals surface area contributed by atoms with E-state index in [0.717, 1.165) is 5.56 Å². The van der Waals surface area contributed by atoms with Gasteiger partial charge in [-0.05, 0) is 65.7 Å². The second kappa shape index (κ2) is 14.4. The van der Waals surface area contributed by atoms with Crippen molar-refractivity contribution in [1.82, 2.24) is 5.43 Å². The van der Waals surface area contributed by atoms with E-state index in [1.165, 1.54) is 25.5 Å². The summed E-state index contributed by atoms with van der Waals surface area (Å²) in [7, 11) is 1.50. The minimum absolute atomic E-state index is 0.141. The van der Waals surface area contributed by atoms with E-state index in [1.807, 2.05) is 30.3 Å². The molecule has 4 rings (SSSR count). The number of nitrogens with one attached hydrogen (secondary N) is 2. The highest BCUT2D eigenvalue weighted by molar-refractivity contribution is 6.37. The first-order valence-corrected chi connectivity index (χ1v) is 13.3. The molecule has 2 N–H and O–H groups in total. The Morgan fingerprint density at radius 1 is 0.854 bits per heavy atom. The molecule has 41 heavy (non-hydrogen) atoms. The SMILES string of the molecule is COc1cc(C(=O)N/N=C/c2cc(Cl)c(OCC(=O)Nc3ccc(Cl)cc3)c(Cl)c2)ccc1OCc1ccccc1. The number of carbonyl (C=O) groups is 2. The first kappa shape index (κ1) is 29.7. The lowest BCUT2D eigenvalue weighted by Gasteiger charge is -2.12. The van der Waals surface area contributed by atoms with Gasteiger partial charge in [0, 0.05) is 16.3 Å². The van der Waals surface area contributed by atoms with Crippen LogP contribution in [0.15, 0.2) is 90.0 Å². The van der Waals surface area contributed by atoms with Crippen LogP contribution in [0.1, 0.15) is 21.5 Å². The summed E-state index contributed by atoms with van der Waals surface area (Å²) in [5, 5.41) is 7.55. The van der Waals surface area contributed by atoms with Crippen LogP contribution in [0.5, 0.6) is 17.2 Å². The average molecular weight is 613 g/mol. The molecule has 0 saturated carbocycles. The molecular formula is C30H24Cl3N3O5. The molecule has 0 aliphatic heterocycles. The first-order valence-electron chi connectivity index (χ1n) is 12.2. The van der Waals surface area contributed by atoms with Crippen molar-refractivity contribution in [3.8, 4) is 17.2 Å². The van der Waals surface area contributed by atoms with Crippen molar-refractivity contribution in [2.75, 3.05) is 19.0 Å². The van der Waals surface area contributed by atoms with Crippen LogP contribution < -0.4 is 25.0 Å². The lowest BCUT2D eigenvalue weighted by Crippen LogP contribution is -2.20. The van der Waals surface area contributed by atoms with Gasteiger partial charge in [-0.15, -0.1) is 0 Å². The molecule has 0 spiro atoms. The predicted octanol–water partition coefficient (Wildman–Crippen LogP) is 7.02. The number of ether oxygens (including phenoxy) is 3. The number of amides is 2. The molecule has 0 atom stereocenters. The number of hydrazone groups is 1. The molecule has 4 aromatic rings. The zero-order valence-electron chi connectivity index (χ0n) is 21.7. The molecule has 2 amide bonds. The maximum Gasteiger partial charge on any atom is 0.271 e. The molecule has 0 fully saturated rings. The Morgan fingerprint density at radius 3 is 2.24 bits per heavy atom. The number of carbonyl (C=O) groups excluding carboxylic acids is 2. The van der Waals surface area contributed by atoms with E-state index in [2.05, 4.69) is 15.8 Å². The number of methoxy groups -OCH3 is 1. The molecule has 4 aromatic carbocycles. The van der Waals surface area contributed by atoms with Gasteiger partial charge in [0.25, 0.3) is 11.8 Å². The molecule has 0 saturated heterocycles. The third kappa shape index (κ3) is 8.62. The van der Waals surface area contributed by atoms with Crippen molar-refractivity contribution in [2.24, 2.45) is 5.10 Å². The van der Waals surface area contributed by atoms with E-state index in [9.17, 15) is 9.59 Å². The summed E-state index contributed by atoms with van der Waals surface area (Å²) in [6, 6.07) is 24.3. The van der Waals surface area contributed by atoms with Crippen molar-refractivity contribution in [1.29, 1.82) is 0 Å². The minimum atomic E-state index is -0.460. The summed E-state index contributed by atoms with van der Waals surface area (Å²) in [6.07, 6.45) is 1.38. The highest BCUT2D eigenvalue weighted by Crippen LogP contribution is 2.34. The van der Waals surface area contributed by atoms with E-state index in [-0.39, 0.29) is 22.4 Å². The summed E-state index contributed by atoms with van der Waals surface area (Å²) in [6.45, 7) is 0.0453. The van der Waals surface area contributed by atoms with Gasteiger partial charge < -0.3 is 19.5 Å². The fourth-order valence-corrected chi connectivity index (χ4v) is 4.29. The van der Waals surface area contributed by atoms with Gasteiger partial charge in [-0.3, -0.25) is 9.59 Å². The molecule has 11 heteroatoms. The van der Waals surface area contributed by atoms with E-state index >= 15 is 0 Å². The van der Waals surface area contributed by atoms with Crippen LogP contribution in [-0.2, 0) is 11.4 Å². The molecule has 0 radical (unpaired) electrons. The molecule has 0 heterocycles. The van der Waals surface area contributed by atoms with Crippen LogP contribution in [0.3, 0.4) is 0 Å². The number of anilines is 1. The van der Waals surface area contributed by atoms with Gasteiger partial charge in [-0.2, -0.15) is 5.10 Å². The molecule has 210 valence electrons. The Bertz CT molecular complexity index is 1520. The summed E-state index contributed by atoms with van der Waals surface area (Å²) >= 11 is 18.5. The third-order valence-electron chi connectivity index (χ3n) is 5.54. The standard InChI is InChI=1S/C30H24Cl3N3O5/c1-39-27-15-21(7-12-26(27)40-17-19-5-3-2-4-6-19)30(38)36-34-16-20-13-24(32)29(25(33)14-20)41-18-28(37)35-23-10-8-22(31)9-11-23/h2-16H,17-18H2,1H3,(H,35,37)(H,36,38)/b34-16+.